The van der Waals surface area contributed by atoms with Gasteiger partial charge in [-0.25, -0.2) is 0 Å². The van der Waals surface area contributed by atoms with E-state index in [0.717, 1.165) is 11.8 Å². The van der Waals surface area contributed by atoms with E-state index in [2.05, 4.69) is 37.9 Å². The van der Waals surface area contributed by atoms with Crippen LogP contribution in [0, 0.1) is 17.3 Å². The third-order valence-corrected chi connectivity index (χ3v) is 5.53. The van der Waals surface area contributed by atoms with Crippen LogP contribution in [-0.4, -0.2) is 37.1 Å². The highest BCUT2D eigenvalue weighted by atomic mass is 15.1. The first-order chi connectivity index (χ1) is 9.01. The molecular weight excluding hydrogens is 232 g/mol. The van der Waals surface area contributed by atoms with E-state index in [0.29, 0.717) is 11.5 Å². The molecule has 0 aromatic heterocycles. The second kappa shape index (κ2) is 6.58. The normalized spacial score (nSPS) is 32.1. The van der Waals surface area contributed by atoms with Crippen molar-refractivity contribution in [2.45, 2.75) is 65.8 Å². The molecule has 2 unspecified atom stereocenters. The van der Waals surface area contributed by atoms with E-state index in [1.165, 1.54) is 58.3 Å². The maximum atomic E-state index is 3.71. The van der Waals surface area contributed by atoms with Crippen LogP contribution >= 0.6 is 0 Å². The lowest BCUT2D eigenvalue weighted by Crippen LogP contribution is -2.48. The van der Waals surface area contributed by atoms with Crippen LogP contribution in [0.4, 0.5) is 0 Å². The van der Waals surface area contributed by atoms with Crippen LogP contribution in [0.1, 0.15) is 59.8 Å². The Morgan fingerprint density at radius 1 is 1.16 bits per heavy atom. The molecule has 2 fully saturated rings. The quantitative estimate of drug-likeness (QED) is 0.819. The van der Waals surface area contributed by atoms with Gasteiger partial charge in [-0.15, -0.1) is 0 Å². The highest BCUT2D eigenvalue weighted by molar-refractivity contribution is 4.91. The van der Waals surface area contributed by atoms with E-state index >= 15 is 0 Å². The van der Waals surface area contributed by atoms with Crippen LogP contribution in [0.3, 0.4) is 0 Å². The third-order valence-electron chi connectivity index (χ3n) is 5.53. The van der Waals surface area contributed by atoms with Gasteiger partial charge < -0.3 is 10.2 Å². The summed E-state index contributed by atoms with van der Waals surface area (Å²) < 4.78 is 0. The van der Waals surface area contributed by atoms with Crippen molar-refractivity contribution < 1.29 is 0 Å². The standard InChI is InChI=1S/C17H34N2/c1-14(2)18-12-17(8-5-6-9-17)13-19-10-7-15(3)16(4)11-19/h14-16,18H,5-13H2,1-4H3. The fraction of sp³-hybridized carbons (Fsp3) is 1.00. The monoisotopic (exact) mass is 266 g/mol. The van der Waals surface area contributed by atoms with Gasteiger partial charge in [0.1, 0.15) is 0 Å². The lowest BCUT2D eigenvalue weighted by molar-refractivity contribution is 0.0825. The van der Waals surface area contributed by atoms with Gasteiger partial charge in [0, 0.05) is 25.7 Å². The molecule has 0 spiro atoms. The summed E-state index contributed by atoms with van der Waals surface area (Å²) in [6.07, 6.45) is 7.16. The largest absolute Gasteiger partial charge is 0.314 e. The zero-order chi connectivity index (χ0) is 13.9. The molecule has 2 aliphatic rings. The molecule has 1 saturated carbocycles. The Kier molecular flexibility index (Phi) is 5.30. The van der Waals surface area contributed by atoms with Gasteiger partial charge in [0.05, 0.1) is 0 Å². The predicted octanol–water partition coefficient (Wildman–Crippen LogP) is 3.52. The first kappa shape index (κ1) is 15.3. The van der Waals surface area contributed by atoms with Gasteiger partial charge in [-0.05, 0) is 43.1 Å². The Morgan fingerprint density at radius 3 is 2.42 bits per heavy atom. The van der Waals surface area contributed by atoms with E-state index in [1.54, 1.807) is 0 Å². The molecule has 1 aliphatic heterocycles. The fourth-order valence-electron chi connectivity index (χ4n) is 3.90. The van der Waals surface area contributed by atoms with Gasteiger partial charge in [0.25, 0.3) is 0 Å². The maximum absolute atomic E-state index is 3.71. The molecule has 0 amide bonds. The lowest BCUT2D eigenvalue weighted by atomic mass is 9.82. The van der Waals surface area contributed by atoms with Crippen LogP contribution < -0.4 is 5.32 Å². The summed E-state index contributed by atoms with van der Waals surface area (Å²) in [6, 6.07) is 0.623. The van der Waals surface area contributed by atoms with Gasteiger partial charge in [-0.1, -0.05) is 40.5 Å². The fourth-order valence-corrected chi connectivity index (χ4v) is 3.90. The zero-order valence-electron chi connectivity index (χ0n) is 13.5. The molecule has 1 saturated heterocycles. The minimum atomic E-state index is 0.574. The summed E-state index contributed by atoms with van der Waals surface area (Å²) in [6.45, 7) is 14.6. The van der Waals surface area contributed by atoms with E-state index in [4.69, 9.17) is 0 Å². The third kappa shape index (κ3) is 4.19. The van der Waals surface area contributed by atoms with Gasteiger partial charge in [0.2, 0.25) is 0 Å². The first-order valence-electron chi connectivity index (χ1n) is 8.46. The molecule has 2 heteroatoms. The summed E-state index contributed by atoms with van der Waals surface area (Å²) in [5.74, 6) is 1.80. The molecule has 1 aliphatic carbocycles. The van der Waals surface area contributed by atoms with Crippen molar-refractivity contribution in [2.75, 3.05) is 26.2 Å². The smallest absolute Gasteiger partial charge is 0.00503 e. The molecule has 1 heterocycles. The summed E-state index contributed by atoms with van der Waals surface area (Å²) in [7, 11) is 0. The molecule has 2 atom stereocenters. The topological polar surface area (TPSA) is 15.3 Å². The van der Waals surface area contributed by atoms with Gasteiger partial charge in [-0.3, -0.25) is 0 Å². The molecule has 0 radical (unpaired) electrons. The Bertz CT molecular complexity index is 268. The van der Waals surface area contributed by atoms with Gasteiger partial charge in [0.15, 0.2) is 0 Å². The molecule has 1 N–H and O–H groups in total. The van der Waals surface area contributed by atoms with E-state index < -0.39 is 0 Å². The summed E-state index contributed by atoms with van der Waals surface area (Å²) >= 11 is 0. The highest BCUT2D eigenvalue weighted by Crippen LogP contribution is 2.39. The average molecular weight is 266 g/mol. The second-order valence-corrected chi connectivity index (χ2v) is 7.72. The van der Waals surface area contributed by atoms with Crippen molar-refractivity contribution in [3.63, 3.8) is 0 Å². The minimum Gasteiger partial charge on any atom is -0.314 e. The predicted molar refractivity (Wildman–Crippen MR) is 83.4 cm³/mol. The summed E-state index contributed by atoms with van der Waals surface area (Å²) in [5.41, 5.74) is 0.574. The summed E-state index contributed by atoms with van der Waals surface area (Å²) in [4.78, 5) is 2.76. The molecular formula is C17H34N2. The van der Waals surface area contributed by atoms with Crippen LogP contribution in [0.15, 0.2) is 0 Å². The molecule has 0 aromatic carbocycles. The van der Waals surface area contributed by atoms with Crippen molar-refractivity contribution in [1.29, 1.82) is 0 Å². The molecule has 0 aromatic rings. The Hall–Kier alpha value is -0.0800. The van der Waals surface area contributed by atoms with E-state index in [-0.39, 0.29) is 0 Å². The number of likely N-dealkylation sites (tertiary alicyclic amines) is 1. The summed E-state index contributed by atoms with van der Waals surface area (Å²) in [5, 5.41) is 3.71. The van der Waals surface area contributed by atoms with Crippen LogP contribution in [-0.2, 0) is 0 Å². The zero-order valence-corrected chi connectivity index (χ0v) is 13.5. The second-order valence-electron chi connectivity index (χ2n) is 7.72. The molecule has 112 valence electrons. The number of piperidine rings is 1. The van der Waals surface area contributed by atoms with Gasteiger partial charge >= 0.3 is 0 Å². The number of nitrogens with zero attached hydrogens (tertiary/aromatic N) is 1. The van der Waals surface area contributed by atoms with Crippen LogP contribution in [0.5, 0.6) is 0 Å². The molecule has 19 heavy (non-hydrogen) atoms. The van der Waals surface area contributed by atoms with Gasteiger partial charge in [-0.2, -0.15) is 0 Å². The minimum absolute atomic E-state index is 0.574. The van der Waals surface area contributed by atoms with Crippen LogP contribution in [0.25, 0.3) is 0 Å². The van der Waals surface area contributed by atoms with Crippen molar-refractivity contribution in [2.24, 2.45) is 17.3 Å². The number of hydrogen-bond acceptors (Lipinski definition) is 2. The SMILES string of the molecule is CC(C)NCC1(CN2CCC(C)C(C)C2)CCCC1. The molecule has 2 rings (SSSR count). The van der Waals surface area contributed by atoms with Crippen molar-refractivity contribution >= 4 is 0 Å². The van der Waals surface area contributed by atoms with Crippen molar-refractivity contribution in [3.05, 3.63) is 0 Å². The van der Waals surface area contributed by atoms with E-state index in [1.807, 2.05) is 0 Å². The van der Waals surface area contributed by atoms with Crippen LogP contribution in [0.2, 0.25) is 0 Å². The highest BCUT2D eigenvalue weighted by Gasteiger charge is 2.36. The number of hydrogen-bond donors (Lipinski definition) is 1. The Labute approximate surface area is 120 Å². The van der Waals surface area contributed by atoms with E-state index in [9.17, 15) is 0 Å². The lowest BCUT2D eigenvalue weighted by Gasteiger charge is -2.41. The Balaban J connectivity index is 1.89. The van der Waals surface area contributed by atoms with Crippen molar-refractivity contribution in [1.82, 2.24) is 10.2 Å². The maximum Gasteiger partial charge on any atom is 0.00503 e. The number of rotatable bonds is 5. The molecule has 2 nitrogen and oxygen atoms in total. The number of nitrogens with one attached hydrogen (secondary N) is 1. The molecule has 0 bridgehead atoms. The first-order valence-corrected chi connectivity index (χ1v) is 8.46. The average Bonchev–Trinajstić information content (AvgIpc) is 2.81. The van der Waals surface area contributed by atoms with Crippen molar-refractivity contribution in [3.8, 4) is 0 Å². The Morgan fingerprint density at radius 2 is 1.84 bits per heavy atom.